The van der Waals surface area contributed by atoms with E-state index >= 15 is 0 Å². The fourth-order valence-electron chi connectivity index (χ4n) is 2.87. The van der Waals surface area contributed by atoms with Gasteiger partial charge in [0.25, 0.3) is 0 Å². The Balaban J connectivity index is 1.93. The number of aliphatic carboxylic acids is 1. The van der Waals surface area contributed by atoms with Crippen LogP contribution in [0.3, 0.4) is 0 Å². The summed E-state index contributed by atoms with van der Waals surface area (Å²) in [5.41, 5.74) is 0.612. The van der Waals surface area contributed by atoms with Gasteiger partial charge in [0.05, 0.1) is 5.41 Å². The maximum absolute atomic E-state index is 11.6. The average Bonchev–Trinajstić information content (AvgIpc) is 2.86. The molecule has 1 aliphatic heterocycles. The number of carboxylic acid groups (broad SMARTS) is 1. The second-order valence-corrected chi connectivity index (χ2v) is 5.91. The van der Waals surface area contributed by atoms with Gasteiger partial charge in [0.15, 0.2) is 0 Å². The number of benzene rings is 1. The fraction of sp³-hybridized carbons (Fsp3) is 0.471. The maximum atomic E-state index is 11.6. The van der Waals surface area contributed by atoms with Gasteiger partial charge < -0.3 is 5.11 Å². The highest BCUT2D eigenvalue weighted by atomic mass is 16.4. The van der Waals surface area contributed by atoms with Crippen molar-refractivity contribution in [1.29, 1.82) is 0 Å². The fourth-order valence-corrected chi connectivity index (χ4v) is 2.87. The molecule has 1 aliphatic rings. The summed E-state index contributed by atoms with van der Waals surface area (Å²) in [6.45, 7) is 6.36. The highest BCUT2D eigenvalue weighted by Gasteiger charge is 2.46. The summed E-state index contributed by atoms with van der Waals surface area (Å²) in [5.74, 6) is -0.481. The molecule has 3 heteroatoms. The van der Waals surface area contributed by atoms with Crippen LogP contribution in [-0.2, 0) is 4.79 Å². The average molecular weight is 273 g/mol. The summed E-state index contributed by atoms with van der Waals surface area (Å²) < 4.78 is 0. The van der Waals surface area contributed by atoms with Gasteiger partial charge in [-0.25, -0.2) is 0 Å². The Morgan fingerprint density at radius 2 is 2.10 bits per heavy atom. The molecule has 0 saturated carbocycles. The topological polar surface area (TPSA) is 40.5 Å². The third-order valence-electron chi connectivity index (χ3n) is 4.38. The number of carbonyl (C=O) groups is 1. The molecule has 1 aromatic carbocycles. The first-order chi connectivity index (χ1) is 9.54. The van der Waals surface area contributed by atoms with Crippen LogP contribution in [0.25, 0.3) is 6.08 Å². The predicted molar refractivity (Wildman–Crippen MR) is 81.4 cm³/mol. The van der Waals surface area contributed by atoms with Crippen LogP contribution in [0.1, 0.15) is 25.8 Å². The molecule has 1 aromatic rings. The Hall–Kier alpha value is -1.61. The van der Waals surface area contributed by atoms with Crippen LogP contribution in [0.4, 0.5) is 0 Å². The molecule has 1 fully saturated rings. The van der Waals surface area contributed by atoms with Crippen molar-refractivity contribution in [3.8, 4) is 0 Å². The zero-order chi connectivity index (χ0) is 14.6. The molecule has 0 bridgehead atoms. The number of hydrogen-bond donors (Lipinski definition) is 1. The standard InChI is InChI=1S/C17H23NO2/c1-14(2)17(16(19)20)10-12-18(13-17)11-6-9-15-7-4-3-5-8-15/h3-9,14H,10-13H2,1-2H3,(H,19,20)/b9-6+. The Kier molecular flexibility index (Phi) is 4.61. The minimum absolute atomic E-state index is 0.170. The van der Waals surface area contributed by atoms with Crippen molar-refractivity contribution in [3.63, 3.8) is 0 Å². The van der Waals surface area contributed by atoms with Gasteiger partial charge in [-0.2, -0.15) is 0 Å². The number of nitrogens with zero attached hydrogens (tertiary/aromatic N) is 1. The number of carboxylic acids is 1. The number of hydrogen-bond acceptors (Lipinski definition) is 2. The Morgan fingerprint density at radius 3 is 2.65 bits per heavy atom. The van der Waals surface area contributed by atoms with Crippen molar-refractivity contribution in [2.24, 2.45) is 11.3 Å². The first-order valence-electron chi connectivity index (χ1n) is 7.22. The molecule has 1 heterocycles. The van der Waals surface area contributed by atoms with Crippen LogP contribution >= 0.6 is 0 Å². The smallest absolute Gasteiger partial charge is 0.311 e. The predicted octanol–water partition coefficient (Wildman–Crippen LogP) is 3.13. The molecule has 20 heavy (non-hydrogen) atoms. The van der Waals surface area contributed by atoms with E-state index in [9.17, 15) is 9.90 Å². The molecule has 108 valence electrons. The minimum atomic E-state index is -0.651. The Labute approximate surface area is 120 Å². The van der Waals surface area contributed by atoms with E-state index in [0.717, 1.165) is 19.5 Å². The molecule has 1 unspecified atom stereocenters. The lowest BCUT2D eigenvalue weighted by atomic mass is 9.76. The monoisotopic (exact) mass is 273 g/mol. The van der Waals surface area contributed by atoms with E-state index in [1.165, 1.54) is 5.56 Å². The van der Waals surface area contributed by atoms with E-state index in [4.69, 9.17) is 0 Å². The van der Waals surface area contributed by atoms with Crippen LogP contribution in [0.5, 0.6) is 0 Å². The molecule has 0 radical (unpaired) electrons. The van der Waals surface area contributed by atoms with Crippen LogP contribution in [0.15, 0.2) is 36.4 Å². The van der Waals surface area contributed by atoms with Crippen molar-refractivity contribution >= 4 is 12.0 Å². The summed E-state index contributed by atoms with van der Waals surface area (Å²) in [6, 6.07) is 10.2. The summed E-state index contributed by atoms with van der Waals surface area (Å²) in [7, 11) is 0. The lowest BCUT2D eigenvalue weighted by Crippen LogP contribution is -2.39. The molecule has 0 aliphatic carbocycles. The maximum Gasteiger partial charge on any atom is 0.311 e. The molecule has 1 atom stereocenters. The molecule has 0 aromatic heterocycles. The summed E-state index contributed by atoms with van der Waals surface area (Å²) in [5, 5.41) is 9.51. The molecular weight excluding hydrogens is 250 g/mol. The second-order valence-electron chi connectivity index (χ2n) is 5.91. The van der Waals surface area contributed by atoms with Crippen molar-refractivity contribution in [2.75, 3.05) is 19.6 Å². The highest BCUT2D eigenvalue weighted by Crippen LogP contribution is 2.38. The zero-order valence-corrected chi connectivity index (χ0v) is 12.2. The quantitative estimate of drug-likeness (QED) is 0.896. The minimum Gasteiger partial charge on any atom is -0.481 e. The molecule has 0 spiro atoms. The van der Waals surface area contributed by atoms with Crippen molar-refractivity contribution in [3.05, 3.63) is 42.0 Å². The molecule has 1 saturated heterocycles. The summed E-state index contributed by atoms with van der Waals surface area (Å²) >= 11 is 0. The van der Waals surface area contributed by atoms with Gasteiger partial charge in [-0.1, -0.05) is 56.3 Å². The lowest BCUT2D eigenvalue weighted by molar-refractivity contribution is -0.150. The summed E-state index contributed by atoms with van der Waals surface area (Å²) in [6.07, 6.45) is 4.96. The van der Waals surface area contributed by atoms with Gasteiger partial charge >= 0.3 is 5.97 Å². The van der Waals surface area contributed by atoms with Crippen LogP contribution in [-0.4, -0.2) is 35.6 Å². The number of likely N-dealkylation sites (tertiary alicyclic amines) is 1. The molecular formula is C17H23NO2. The van der Waals surface area contributed by atoms with E-state index in [2.05, 4.69) is 29.2 Å². The van der Waals surface area contributed by atoms with Crippen LogP contribution in [0.2, 0.25) is 0 Å². The molecule has 2 rings (SSSR count). The molecule has 1 N–H and O–H groups in total. The van der Waals surface area contributed by atoms with Gasteiger partial charge in [0.2, 0.25) is 0 Å². The van der Waals surface area contributed by atoms with E-state index < -0.39 is 11.4 Å². The molecule has 3 nitrogen and oxygen atoms in total. The normalized spacial score (nSPS) is 23.8. The van der Waals surface area contributed by atoms with E-state index in [1.807, 2.05) is 32.0 Å². The van der Waals surface area contributed by atoms with Gasteiger partial charge in [-0.05, 0) is 24.4 Å². The lowest BCUT2D eigenvalue weighted by Gasteiger charge is -2.28. The van der Waals surface area contributed by atoms with Crippen LogP contribution < -0.4 is 0 Å². The SMILES string of the molecule is CC(C)C1(C(=O)O)CCN(C/C=C/c2ccccc2)C1. The molecule has 0 amide bonds. The summed E-state index contributed by atoms with van der Waals surface area (Å²) in [4.78, 5) is 13.8. The zero-order valence-electron chi connectivity index (χ0n) is 12.2. The third-order valence-corrected chi connectivity index (χ3v) is 4.38. The van der Waals surface area contributed by atoms with Gasteiger partial charge in [0, 0.05) is 13.1 Å². The Bertz CT molecular complexity index is 481. The van der Waals surface area contributed by atoms with E-state index in [-0.39, 0.29) is 5.92 Å². The number of rotatable bonds is 5. The van der Waals surface area contributed by atoms with Crippen molar-refractivity contribution < 1.29 is 9.90 Å². The van der Waals surface area contributed by atoms with Crippen LogP contribution in [0, 0.1) is 11.3 Å². The van der Waals surface area contributed by atoms with Crippen molar-refractivity contribution in [1.82, 2.24) is 4.90 Å². The third kappa shape index (κ3) is 3.10. The van der Waals surface area contributed by atoms with E-state index in [0.29, 0.717) is 6.54 Å². The van der Waals surface area contributed by atoms with Gasteiger partial charge in [-0.3, -0.25) is 9.69 Å². The highest BCUT2D eigenvalue weighted by molar-refractivity contribution is 5.75. The first-order valence-corrected chi connectivity index (χ1v) is 7.22. The Morgan fingerprint density at radius 1 is 1.40 bits per heavy atom. The van der Waals surface area contributed by atoms with Gasteiger partial charge in [-0.15, -0.1) is 0 Å². The van der Waals surface area contributed by atoms with Gasteiger partial charge in [0.1, 0.15) is 0 Å². The second kappa shape index (κ2) is 6.23. The largest absolute Gasteiger partial charge is 0.481 e. The first kappa shape index (κ1) is 14.8. The van der Waals surface area contributed by atoms with Crippen molar-refractivity contribution in [2.45, 2.75) is 20.3 Å². The van der Waals surface area contributed by atoms with E-state index in [1.54, 1.807) is 0 Å².